The summed E-state index contributed by atoms with van der Waals surface area (Å²) < 4.78 is 10.5. The van der Waals surface area contributed by atoms with Crippen LogP contribution in [-0.4, -0.2) is 38.8 Å². The van der Waals surface area contributed by atoms with Gasteiger partial charge in [-0.2, -0.15) is 0 Å². The summed E-state index contributed by atoms with van der Waals surface area (Å²) in [6, 6.07) is 6.35. The van der Waals surface area contributed by atoms with Crippen LogP contribution in [0.4, 0.5) is 0 Å². The maximum atomic E-state index is 6.27. The lowest BCUT2D eigenvalue weighted by molar-refractivity contribution is 0.237. The van der Waals surface area contributed by atoms with Gasteiger partial charge in [0.05, 0.1) is 14.2 Å². The van der Waals surface area contributed by atoms with Gasteiger partial charge in [-0.25, -0.2) is 0 Å². The molecule has 4 heteroatoms. The van der Waals surface area contributed by atoms with Crippen molar-refractivity contribution in [2.45, 2.75) is 32.4 Å². The van der Waals surface area contributed by atoms with Gasteiger partial charge in [0.1, 0.15) is 0 Å². The molecule has 1 aromatic rings. The predicted molar refractivity (Wildman–Crippen MR) is 78.9 cm³/mol. The van der Waals surface area contributed by atoms with E-state index in [4.69, 9.17) is 15.2 Å². The second-order valence-corrected chi connectivity index (χ2v) is 4.92. The third-order valence-electron chi connectivity index (χ3n) is 3.66. The first kappa shape index (κ1) is 15.8. The molecule has 4 nitrogen and oxygen atoms in total. The molecule has 2 N–H and O–H groups in total. The minimum absolute atomic E-state index is 0.0289. The smallest absolute Gasteiger partial charge is 0.161 e. The fourth-order valence-corrected chi connectivity index (χ4v) is 1.99. The lowest BCUT2D eigenvalue weighted by Crippen LogP contribution is -2.35. The van der Waals surface area contributed by atoms with Crippen molar-refractivity contribution in [3.8, 4) is 11.5 Å². The molecule has 0 amide bonds. The number of rotatable bonds is 7. The highest BCUT2D eigenvalue weighted by Crippen LogP contribution is 2.29. The zero-order valence-corrected chi connectivity index (χ0v) is 12.6. The summed E-state index contributed by atoms with van der Waals surface area (Å²) >= 11 is 0. The van der Waals surface area contributed by atoms with Gasteiger partial charge in [-0.05, 0) is 38.1 Å². The Hall–Kier alpha value is -1.26. The summed E-state index contributed by atoms with van der Waals surface area (Å²) in [5, 5.41) is 0. The Labute approximate surface area is 116 Å². The van der Waals surface area contributed by atoms with Crippen LogP contribution in [0, 0.1) is 0 Å². The molecule has 0 heterocycles. The molecule has 108 valence electrons. The van der Waals surface area contributed by atoms with Crippen LogP contribution in [0.5, 0.6) is 11.5 Å². The number of hydrogen-bond donors (Lipinski definition) is 1. The third-order valence-corrected chi connectivity index (χ3v) is 3.66. The van der Waals surface area contributed by atoms with Gasteiger partial charge in [-0.1, -0.05) is 13.0 Å². The van der Waals surface area contributed by atoms with E-state index in [2.05, 4.69) is 25.8 Å². The normalized spacial score (nSPS) is 14.3. The van der Waals surface area contributed by atoms with Crippen molar-refractivity contribution in [3.05, 3.63) is 23.8 Å². The van der Waals surface area contributed by atoms with E-state index in [1.807, 2.05) is 18.2 Å². The molecule has 19 heavy (non-hydrogen) atoms. The van der Waals surface area contributed by atoms with E-state index < -0.39 is 0 Å². The first-order chi connectivity index (χ1) is 9.03. The third kappa shape index (κ3) is 4.11. The van der Waals surface area contributed by atoms with E-state index in [0.29, 0.717) is 6.04 Å². The van der Waals surface area contributed by atoms with Crippen LogP contribution in [0.15, 0.2) is 18.2 Å². The number of likely N-dealkylation sites (N-methyl/N-ethyl adjacent to an activating group) is 1. The number of ether oxygens (including phenoxy) is 2. The van der Waals surface area contributed by atoms with Crippen molar-refractivity contribution in [3.63, 3.8) is 0 Å². The van der Waals surface area contributed by atoms with Gasteiger partial charge in [0.2, 0.25) is 0 Å². The molecule has 2 atom stereocenters. The first-order valence-corrected chi connectivity index (χ1v) is 6.71. The standard InChI is InChI=1S/C15H26N2O2/c1-6-11(2)17(3)10-13(16)12-7-8-14(18-4)15(9-12)19-5/h7-9,11,13H,6,10,16H2,1-5H3. The Morgan fingerprint density at radius 2 is 1.84 bits per heavy atom. The Morgan fingerprint density at radius 1 is 1.21 bits per heavy atom. The number of nitrogens with two attached hydrogens (primary N) is 1. The molecule has 0 radical (unpaired) electrons. The zero-order valence-electron chi connectivity index (χ0n) is 12.6. The van der Waals surface area contributed by atoms with Gasteiger partial charge >= 0.3 is 0 Å². The summed E-state index contributed by atoms with van der Waals surface area (Å²) in [5.41, 5.74) is 7.33. The average Bonchev–Trinajstić information content (AvgIpc) is 2.45. The molecule has 0 bridgehead atoms. The molecular formula is C15H26N2O2. The summed E-state index contributed by atoms with van der Waals surface area (Å²) in [6.45, 7) is 5.22. The summed E-state index contributed by atoms with van der Waals surface area (Å²) in [7, 11) is 5.38. The second kappa shape index (κ2) is 7.36. The van der Waals surface area contributed by atoms with E-state index in [-0.39, 0.29) is 6.04 Å². The lowest BCUT2D eigenvalue weighted by Gasteiger charge is -2.27. The molecule has 0 aromatic heterocycles. The average molecular weight is 266 g/mol. The molecular weight excluding hydrogens is 240 g/mol. The summed E-state index contributed by atoms with van der Waals surface area (Å²) in [6.07, 6.45) is 1.12. The maximum Gasteiger partial charge on any atom is 0.161 e. The van der Waals surface area contributed by atoms with Crippen LogP contribution in [0.25, 0.3) is 0 Å². The van der Waals surface area contributed by atoms with Crippen molar-refractivity contribution in [2.75, 3.05) is 27.8 Å². The van der Waals surface area contributed by atoms with E-state index in [9.17, 15) is 0 Å². The van der Waals surface area contributed by atoms with E-state index in [0.717, 1.165) is 30.0 Å². The number of benzene rings is 1. The highest BCUT2D eigenvalue weighted by Gasteiger charge is 2.15. The van der Waals surface area contributed by atoms with E-state index in [1.54, 1.807) is 14.2 Å². The second-order valence-electron chi connectivity index (χ2n) is 4.92. The molecule has 0 fully saturated rings. The van der Waals surface area contributed by atoms with Gasteiger partial charge in [-0.3, -0.25) is 0 Å². The van der Waals surface area contributed by atoms with Crippen molar-refractivity contribution < 1.29 is 9.47 Å². The summed E-state index contributed by atoms with van der Waals surface area (Å²) in [4.78, 5) is 2.28. The van der Waals surface area contributed by atoms with Crippen LogP contribution in [0.2, 0.25) is 0 Å². The lowest BCUT2D eigenvalue weighted by atomic mass is 10.1. The molecule has 2 unspecified atom stereocenters. The number of methoxy groups -OCH3 is 2. The number of hydrogen-bond acceptors (Lipinski definition) is 4. The highest BCUT2D eigenvalue weighted by molar-refractivity contribution is 5.43. The monoisotopic (exact) mass is 266 g/mol. The predicted octanol–water partition coefficient (Wildman–Crippen LogP) is 2.43. The molecule has 0 saturated heterocycles. The Morgan fingerprint density at radius 3 is 2.37 bits per heavy atom. The molecule has 0 aliphatic heterocycles. The zero-order chi connectivity index (χ0) is 14.4. The van der Waals surface area contributed by atoms with Crippen LogP contribution < -0.4 is 15.2 Å². The molecule has 0 saturated carbocycles. The molecule has 0 aliphatic carbocycles. The van der Waals surface area contributed by atoms with Crippen molar-refractivity contribution in [1.82, 2.24) is 4.90 Å². The largest absolute Gasteiger partial charge is 0.493 e. The minimum atomic E-state index is -0.0289. The van der Waals surface area contributed by atoms with Crippen LogP contribution in [0.1, 0.15) is 31.9 Å². The minimum Gasteiger partial charge on any atom is -0.493 e. The van der Waals surface area contributed by atoms with E-state index >= 15 is 0 Å². The first-order valence-electron chi connectivity index (χ1n) is 6.71. The Bertz CT molecular complexity index is 396. The number of nitrogens with zero attached hydrogens (tertiary/aromatic N) is 1. The highest BCUT2D eigenvalue weighted by atomic mass is 16.5. The van der Waals surface area contributed by atoms with Crippen LogP contribution >= 0.6 is 0 Å². The maximum absolute atomic E-state index is 6.27. The SMILES string of the molecule is CCC(C)N(C)CC(N)c1ccc(OC)c(OC)c1. The van der Waals surface area contributed by atoms with Gasteiger partial charge < -0.3 is 20.1 Å². The van der Waals surface area contributed by atoms with Crippen molar-refractivity contribution >= 4 is 0 Å². The fourth-order valence-electron chi connectivity index (χ4n) is 1.99. The Balaban J connectivity index is 2.79. The van der Waals surface area contributed by atoms with Crippen LogP contribution in [-0.2, 0) is 0 Å². The quantitative estimate of drug-likeness (QED) is 0.823. The van der Waals surface area contributed by atoms with Crippen molar-refractivity contribution in [2.24, 2.45) is 5.73 Å². The topological polar surface area (TPSA) is 47.7 Å². The Kier molecular flexibility index (Phi) is 6.12. The molecule has 1 rings (SSSR count). The van der Waals surface area contributed by atoms with Crippen LogP contribution in [0.3, 0.4) is 0 Å². The van der Waals surface area contributed by atoms with Gasteiger partial charge in [0, 0.05) is 18.6 Å². The molecule has 0 spiro atoms. The molecule has 0 aliphatic rings. The summed E-state index contributed by atoms with van der Waals surface area (Å²) in [5.74, 6) is 1.45. The van der Waals surface area contributed by atoms with Gasteiger partial charge in [0.15, 0.2) is 11.5 Å². The molecule has 1 aromatic carbocycles. The van der Waals surface area contributed by atoms with E-state index in [1.165, 1.54) is 0 Å². The fraction of sp³-hybridized carbons (Fsp3) is 0.600. The van der Waals surface area contributed by atoms with Gasteiger partial charge in [0.25, 0.3) is 0 Å². The van der Waals surface area contributed by atoms with Gasteiger partial charge in [-0.15, -0.1) is 0 Å². The van der Waals surface area contributed by atoms with Crippen molar-refractivity contribution in [1.29, 1.82) is 0 Å².